The van der Waals surface area contributed by atoms with Crippen LogP contribution in [0.15, 0.2) is 60.8 Å². The van der Waals surface area contributed by atoms with Gasteiger partial charge in [-0.1, -0.05) is 18.2 Å². The maximum Gasteiger partial charge on any atom is 0.311 e. The number of methoxy groups -OCH3 is 5. The number of allylic oxidation sites excluding steroid dienone is 1. The number of hydrogen-bond donors (Lipinski definition) is 1. The van der Waals surface area contributed by atoms with Gasteiger partial charge >= 0.3 is 5.69 Å². The summed E-state index contributed by atoms with van der Waals surface area (Å²) < 4.78 is 26.6. The fraction of sp³-hybridized carbons (Fsp3) is 0.179. The van der Waals surface area contributed by atoms with Crippen LogP contribution in [0.2, 0.25) is 0 Å². The van der Waals surface area contributed by atoms with Crippen molar-refractivity contribution in [1.29, 1.82) is 0 Å². The molecule has 10 nitrogen and oxygen atoms in total. The topological polar surface area (TPSA) is 118 Å². The fourth-order valence-electron chi connectivity index (χ4n) is 3.62. The van der Waals surface area contributed by atoms with E-state index < -0.39 is 10.7 Å². The number of carbonyl (C=O) groups excluding carboxylic acids is 1. The second-order valence-electron chi connectivity index (χ2n) is 7.74. The molecule has 0 aliphatic rings. The Kier molecular flexibility index (Phi) is 9.31. The molecule has 0 aromatic heterocycles. The number of carbonyl (C=O) groups is 1. The van der Waals surface area contributed by atoms with Crippen LogP contribution < -0.4 is 29.0 Å². The van der Waals surface area contributed by atoms with Gasteiger partial charge in [0.1, 0.15) is 5.75 Å². The lowest BCUT2D eigenvalue weighted by atomic mass is 10.1. The zero-order chi connectivity index (χ0) is 27.7. The van der Waals surface area contributed by atoms with Gasteiger partial charge in [-0.05, 0) is 47.5 Å². The molecule has 3 aromatic carbocycles. The molecule has 0 aliphatic heterocycles. The Bertz CT molecular complexity index is 1360. The first-order chi connectivity index (χ1) is 18.3. The average Bonchev–Trinajstić information content (AvgIpc) is 2.94. The van der Waals surface area contributed by atoms with Gasteiger partial charge in [-0.3, -0.25) is 14.9 Å². The molecule has 3 aromatic rings. The van der Waals surface area contributed by atoms with Crippen molar-refractivity contribution in [1.82, 2.24) is 0 Å². The molecule has 0 saturated heterocycles. The van der Waals surface area contributed by atoms with Crippen molar-refractivity contribution < 1.29 is 33.4 Å². The normalized spacial score (nSPS) is 10.9. The number of nitro benzene ring substituents is 1. The number of ketones is 1. The number of benzene rings is 3. The summed E-state index contributed by atoms with van der Waals surface area (Å²) >= 11 is 0. The van der Waals surface area contributed by atoms with E-state index in [1.54, 1.807) is 27.4 Å². The first kappa shape index (κ1) is 27.6. The molecule has 198 valence electrons. The number of rotatable bonds is 12. The van der Waals surface area contributed by atoms with E-state index in [1.807, 2.05) is 36.4 Å². The van der Waals surface area contributed by atoms with Gasteiger partial charge in [0, 0.05) is 23.9 Å². The first-order valence-electron chi connectivity index (χ1n) is 11.3. The highest BCUT2D eigenvalue weighted by Gasteiger charge is 2.17. The van der Waals surface area contributed by atoms with Crippen molar-refractivity contribution in [3.8, 4) is 28.7 Å². The molecule has 0 saturated carbocycles. The number of nitrogens with one attached hydrogen (secondary N) is 1. The van der Waals surface area contributed by atoms with Crippen LogP contribution in [0.1, 0.15) is 21.5 Å². The van der Waals surface area contributed by atoms with E-state index in [1.165, 1.54) is 44.7 Å². The summed E-state index contributed by atoms with van der Waals surface area (Å²) in [6.45, 7) is 0. The molecule has 0 radical (unpaired) electrons. The molecule has 1 N–H and O–H groups in total. The molecule has 0 amide bonds. The molecule has 0 aliphatic carbocycles. The molecule has 38 heavy (non-hydrogen) atoms. The van der Waals surface area contributed by atoms with E-state index in [0.29, 0.717) is 28.7 Å². The summed E-state index contributed by atoms with van der Waals surface area (Å²) in [6.07, 6.45) is 6.52. The highest BCUT2D eigenvalue weighted by atomic mass is 16.6. The summed E-state index contributed by atoms with van der Waals surface area (Å²) in [5.41, 5.74) is 2.18. The Balaban J connectivity index is 1.80. The molecule has 10 heteroatoms. The molecular formula is C28H28N2O8. The van der Waals surface area contributed by atoms with Crippen molar-refractivity contribution in [2.24, 2.45) is 0 Å². The van der Waals surface area contributed by atoms with Gasteiger partial charge in [0.05, 0.1) is 46.2 Å². The Morgan fingerprint density at radius 2 is 1.37 bits per heavy atom. The number of nitro groups is 1. The van der Waals surface area contributed by atoms with Crippen LogP contribution in [0.4, 0.5) is 11.4 Å². The van der Waals surface area contributed by atoms with Gasteiger partial charge in [0.15, 0.2) is 23.0 Å². The molecule has 0 heterocycles. The van der Waals surface area contributed by atoms with E-state index in [-0.39, 0.29) is 17.0 Å². The van der Waals surface area contributed by atoms with Gasteiger partial charge < -0.3 is 29.0 Å². The van der Waals surface area contributed by atoms with Gasteiger partial charge in [-0.25, -0.2) is 0 Å². The summed E-state index contributed by atoms with van der Waals surface area (Å²) in [5.74, 6) is 1.82. The van der Waals surface area contributed by atoms with Crippen molar-refractivity contribution in [2.75, 3.05) is 40.9 Å². The Morgan fingerprint density at radius 1 is 0.763 bits per heavy atom. The molecule has 0 bridgehead atoms. The minimum Gasteiger partial charge on any atom is -0.495 e. The van der Waals surface area contributed by atoms with Crippen molar-refractivity contribution in [2.45, 2.75) is 0 Å². The fourth-order valence-corrected chi connectivity index (χ4v) is 3.62. The van der Waals surface area contributed by atoms with Crippen molar-refractivity contribution in [3.63, 3.8) is 0 Å². The second-order valence-corrected chi connectivity index (χ2v) is 7.74. The average molecular weight is 521 g/mol. The lowest BCUT2D eigenvalue weighted by Gasteiger charge is -2.13. The Labute approximate surface area is 220 Å². The zero-order valence-electron chi connectivity index (χ0n) is 21.6. The molecular weight excluding hydrogens is 492 g/mol. The maximum atomic E-state index is 12.6. The first-order valence-corrected chi connectivity index (χ1v) is 11.3. The lowest BCUT2D eigenvalue weighted by molar-refractivity contribution is -0.385. The van der Waals surface area contributed by atoms with Crippen LogP contribution in [0, 0.1) is 10.1 Å². The van der Waals surface area contributed by atoms with Crippen molar-refractivity contribution >= 4 is 29.3 Å². The summed E-state index contributed by atoms with van der Waals surface area (Å²) in [6, 6.07) is 13.2. The van der Waals surface area contributed by atoms with Gasteiger partial charge in [-0.15, -0.1) is 0 Å². The van der Waals surface area contributed by atoms with Gasteiger partial charge in [0.25, 0.3) is 0 Å². The predicted molar refractivity (Wildman–Crippen MR) is 145 cm³/mol. The van der Waals surface area contributed by atoms with E-state index in [0.717, 1.165) is 11.1 Å². The van der Waals surface area contributed by atoms with E-state index in [9.17, 15) is 14.9 Å². The highest BCUT2D eigenvalue weighted by molar-refractivity contribution is 6.05. The summed E-state index contributed by atoms with van der Waals surface area (Å²) in [7, 11) is 7.53. The van der Waals surface area contributed by atoms with Crippen LogP contribution in [-0.4, -0.2) is 46.3 Å². The quantitative estimate of drug-likeness (QED) is 0.107. The van der Waals surface area contributed by atoms with Crippen LogP contribution in [0.25, 0.3) is 12.2 Å². The molecule has 0 atom stereocenters. The van der Waals surface area contributed by atoms with Crippen LogP contribution >= 0.6 is 0 Å². The highest BCUT2D eigenvalue weighted by Crippen LogP contribution is 2.38. The molecule has 0 spiro atoms. The Morgan fingerprint density at radius 3 is 1.95 bits per heavy atom. The minimum atomic E-state index is -0.598. The van der Waals surface area contributed by atoms with Gasteiger partial charge in [0.2, 0.25) is 5.75 Å². The van der Waals surface area contributed by atoms with Gasteiger partial charge in [-0.2, -0.15) is 0 Å². The third-order valence-corrected chi connectivity index (χ3v) is 5.51. The third-order valence-electron chi connectivity index (χ3n) is 5.51. The zero-order valence-corrected chi connectivity index (χ0v) is 21.6. The van der Waals surface area contributed by atoms with E-state index in [4.69, 9.17) is 23.7 Å². The standard InChI is InChI=1S/C28H28N2O8/c1-34-24-10-8-18(6-7-19-15-26(36-3)28(38-5)27(16-19)37-4)14-21(24)29-13-12-23(31)20-9-11-25(35-2)22(17-20)30(32)33/h6-17,29H,1-5H3. The number of nitrogens with zero attached hydrogens (tertiary/aromatic N) is 1. The third kappa shape index (κ3) is 6.41. The Hall–Kier alpha value is -4.99. The second kappa shape index (κ2) is 12.8. The largest absolute Gasteiger partial charge is 0.495 e. The minimum absolute atomic E-state index is 0.0785. The molecule has 3 rings (SSSR count). The molecule has 0 unspecified atom stereocenters. The summed E-state index contributed by atoms with van der Waals surface area (Å²) in [5, 5.41) is 14.3. The number of hydrogen-bond acceptors (Lipinski definition) is 9. The van der Waals surface area contributed by atoms with Crippen molar-refractivity contribution in [3.05, 3.63) is 87.6 Å². The monoisotopic (exact) mass is 520 g/mol. The number of ether oxygens (including phenoxy) is 5. The van der Waals surface area contributed by atoms with E-state index >= 15 is 0 Å². The number of anilines is 1. The van der Waals surface area contributed by atoms with Crippen LogP contribution in [0.3, 0.4) is 0 Å². The molecule has 0 fully saturated rings. The maximum absolute atomic E-state index is 12.6. The predicted octanol–water partition coefficient (Wildman–Crippen LogP) is 5.62. The summed E-state index contributed by atoms with van der Waals surface area (Å²) in [4.78, 5) is 23.2. The smallest absolute Gasteiger partial charge is 0.311 e. The van der Waals surface area contributed by atoms with Crippen LogP contribution in [-0.2, 0) is 0 Å². The van der Waals surface area contributed by atoms with Crippen LogP contribution in [0.5, 0.6) is 28.7 Å². The lowest BCUT2D eigenvalue weighted by Crippen LogP contribution is -2.00. The SMILES string of the molecule is COc1ccc(C=Cc2cc(OC)c(OC)c(OC)c2)cc1NC=CC(=O)c1ccc(OC)c([N+](=O)[O-])c1. The van der Waals surface area contributed by atoms with E-state index in [2.05, 4.69) is 5.32 Å².